The molecule has 0 fully saturated rings. The Hall–Kier alpha value is -3.03. The third kappa shape index (κ3) is 3.11. The highest BCUT2D eigenvalue weighted by molar-refractivity contribution is 5.98. The standard InChI is InChI=1S/C13H8F2N2O4/c14-7-4-8(15)6-9(5-7)16-12-10(13(18)19)2-1-3-11(12)17(20)21/h1-6,16H,(H,18,19). The lowest BCUT2D eigenvalue weighted by Crippen LogP contribution is -2.06. The molecule has 0 saturated heterocycles. The summed E-state index contributed by atoms with van der Waals surface area (Å²) in [5, 5.41) is 22.4. The van der Waals surface area contributed by atoms with Gasteiger partial charge in [-0.15, -0.1) is 0 Å². The van der Waals surface area contributed by atoms with Crippen molar-refractivity contribution >= 4 is 23.0 Å². The van der Waals surface area contributed by atoms with E-state index in [0.29, 0.717) is 6.07 Å². The highest BCUT2D eigenvalue weighted by atomic mass is 19.1. The molecular formula is C13H8F2N2O4. The van der Waals surface area contributed by atoms with Crippen molar-refractivity contribution in [3.8, 4) is 0 Å². The van der Waals surface area contributed by atoms with Gasteiger partial charge in [0.25, 0.3) is 5.69 Å². The Morgan fingerprint density at radius 2 is 1.81 bits per heavy atom. The molecule has 0 spiro atoms. The Labute approximate surface area is 116 Å². The van der Waals surface area contributed by atoms with Gasteiger partial charge in [-0.25, -0.2) is 13.6 Å². The van der Waals surface area contributed by atoms with Crippen molar-refractivity contribution in [1.29, 1.82) is 0 Å². The largest absolute Gasteiger partial charge is 0.478 e. The van der Waals surface area contributed by atoms with Gasteiger partial charge in [0.15, 0.2) is 0 Å². The van der Waals surface area contributed by atoms with E-state index in [2.05, 4.69) is 5.32 Å². The molecule has 2 aromatic rings. The Balaban J connectivity index is 2.56. The highest BCUT2D eigenvalue weighted by Crippen LogP contribution is 2.31. The maximum atomic E-state index is 13.1. The number of nitrogens with one attached hydrogen (secondary N) is 1. The van der Waals surface area contributed by atoms with E-state index in [1.807, 2.05) is 0 Å². The SMILES string of the molecule is O=C(O)c1cccc([N+](=O)[O-])c1Nc1cc(F)cc(F)c1. The molecule has 2 rings (SSSR count). The number of hydrogen-bond acceptors (Lipinski definition) is 4. The Morgan fingerprint density at radius 1 is 1.19 bits per heavy atom. The zero-order chi connectivity index (χ0) is 15.6. The van der Waals surface area contributed by atoms with E-state index >= 15 is 0 Å². The second-order valence-electron chi connectivity index (χ2n) is 4.05. The average Bonchev–Trinajstić information content (AvgIpc) is 2.37. The van der Waals surface area contributed by atoms with Gasteiger partial charge in [-0.1, -0.05) is 6.07 Å². The Kier molecular flexibility index (Phi) is 3.79. The van der Waals surface area contributed by atoms with Gasteiger partial charge in [0.05, 0.1) is 10.5 Å². The van der Waals surface area contributed by atoms with Crippen LogP contribution >= 0.6 is 0 Å². The molecule has 0 radical (unpaired) electrons. The lowest BCUT2D eigenvalue weighted by molar-refractivity contribution is -0.383. The van der Waals surface area contributed by atoms with Gasteiger partial charge in [0.2, 0.25) is 0 Å². The minimum atomic E-state index is -1.40. The molecule has 0 aliphatic rings. The number of carbonyl (C=O) groups is 1. The van der Waals surface area contributed by atoms with Gasteiger partial charge in [-0.05, 0) is 18.2 Å². The Morgan fingerprint density at radius 3 is 2.33 bits per heavy atom. The van der Waals surface area contributed by atoms with Crippen LogP contribution in [-0.2, 0) is 0 Å². The number of benzene rings is 2. The fraction of sp³-hybridized carbons (Fsp3) is 0. The number of para-hydroxylation sites is 1. The van der Waals surface area contributed by atoms with Crippen LogP contribution < -0.4 is 5.32 Å². The first-order chi connectivity index (χ1) is 9.88. The molecule has 0 bridgehead atoms. The summed E-state index contributed by atoms with van der Waals surface area (Å²) in [5.74, 6) is -3.20. The maximum absolute atomic E-state index is 13.1. The Bertz CT molecular complexity index is 682. The summed E-state index contributed by atoms with van der Waals surface area (Å²) >= 11 is 0. The van der Waals surface area contributed by atoms with Gasteiger partial charge >= 0.3 is 5.97 Å². The number of carboxylic acids is 1. The van der Waals surface area contributed by atoms with E-state index in [0.717, 1.165) is 24.3 Å². The van der Waals surface area contributed by atoms with Crippen LogP contribution in [0.2, 0.25) is 0 Å². The van der Waals surface area contributed by atoms with Gasteiger partial charge < -0.3 is 10.4 Å². The van der Waals surface area contributed by atoms with Crippen LogP contribution in [0.5, 0.6) is 0 Å². The minimum Gasteiger partial charge on any atom is -0.478 e. The maximum Gasteiger partial charge on any atom is 0.338 e. The summed E-state index contributed by atoms with van der Waals surface area (Å²) in [6.07, 6.45) is 0. The van der Waals surface area contributed by atoms with Crippen molar-refractivity contribution in [1.82, 2.24) is 0 Å². The van der Waals surface area contributed by atoms with Crippen LogP contribution in [0.4, 0.5) is 25.8 Å². The lowest BCUT2D eigenvalue weighted by atomic mass is 10.1. The molecule has 0 aliphatic heterocycles. The van der Waals surface area contributed by atoms with E-state index in [1.165, 1.54) is 6.07 Å². The topological polar surface area (TPSA) is 92.5 Å². The molecule has 0 unspecified atom stereocenters. The molecule has 0 aliphatic carbocycles. The molecule has 0 amide bonds. The molecule has 0 atom stereocenters. The number of halogens is 2. The molecule has 0 saturated carbocycles. The number of aromatic carboxylic acids is 1. The van der Waals surface area contributed by atoms with Crippen LogP contribution in [0, 0.1) is 21.7 Å². The summed E-state index contributed by atoms with van der Waals surface area (Å²) in [4.78, 5) is 21.3. The van der Waals surface area contributed by atoms with E-state index in [4.69, 9.17) is 5.11 Å². The number of nitro benzene ring substituents is 1. The smallest absolute Gasteiger partial charge is 0.338 e. The van der Waals surface area contributed by atoms with E-state index in [1.54, 1.807) is 0 Å². The lowest BCUT2D eigenvalue weighted by Gasteiger charge is -2.10. The van der Waals surface area contributed by atoms with E-state index < -0.39 is 28.2 Å². The van der Waals surface area contributed by atoms with Crippen LogP contribution in [0.25, 0.3) is 0 Å². The summed E-state index contributed by atoms with van der Waals surface area (Å²) in [5.41, 5.74) is -1.38. The molecule has 2 aromatic carbocycles. The third-order valence-electron chi connectivity index (χ3n) is 2.60. The fourth-order valence-corrected chi connectivity index (χ4v) is 1.77. The molecule has 6 nitrogen and oxygen atoms in total. The van der Waals surface area contributed by atoms with Crippen molar-refractivity contribution in [2.45, 2.75) is 0 Å². The van der Waals surface area contributed by atoms with Gasteiger partial charge in [-0.3, -0.25) is 10.1 Å². The first kappa shape index (κ1) is 14.4. The summed E-state index contributed by atoms with van der Waals surface area (Å²) in [6, 6.07) is 5.86. The number of anilines is 2. The van der Waals surface area contributed by atoms with Crippen molar-refractivity contribution in [3.63, 3.8) is 0 Å². The van der Waals surface area contributed by atoms with E-state index in [9.17, 15) is 23.7 Å². The number of carboxylic acid groups (broad SMARTS) is 1. The minimum absolute atomic E-state index is 0.135. The van der Waals surface area contributed by atoms with Crippen LogP contribution in [0.15, 0.2) is 36.4 Å². The summed E-state index contributed by atoms with van der Waals surface area (Å²) < 4.78 is 26.2. The molecular weight excluding hydrogens is 286 g/mol. The van der Waals surface area contributed by atoms with Gasteiger partial charge in [-0.2, -0.15) is 0 Å². The third-order valence-corrected chi connectivity index (χ3v) is 2.60. The first-order valence-electron chi connectivity index (χ1n) is 5.62. The van der Waals surface area contributed by atoms with Crippen LogP contribution in [-0.4, -0.2) is 16.0 Å². The predicted octanol–water partition coefficient (Wildman–Crippen LogP) is 3.31. The van der Waals surface area contributed by atoms with Gasteiger partial charge in [0.1, 0.15) is 17.3 Å². The zero-order valence-corrected chi connectivity index (χ0v) is 10.3. The molecule has 108 valence electrons. The van der Waals surface area contributed by atoms with Crippen molar-refractivity contribution in [3.05, 3.63) is 63.7 Å². The predicted molar refractivity (Wildman–Crippen MR) is 69.7 cm³/mol. The van der Waals surface area contributed by atoms with Gasteiger partial charge in [0, 0.05) is 17.8 Å². The van der Waals surface area contributed by atoms with Crippen molar-refractivity contribution in [2.24, 2.45) is 0 Å². The summed E-state index contributed by atoms with van der Waals surface area (Å²) in [7, 11) is 0. The second-order valence-corrected chi connectivity index (χ2v) is 4.05. The molecule has 0 heterocycles. The second kappa shape index (κ2) is 5.53. The number of rotatable bonds is 4. The monoisotopic (exact) mass is 294 g/mol. The fourth-order valence-electron chi connectivity index (χ4n) is 1.77. The zero-order valence-electron chi connectivity index (χ0n) is 10.3. The molecule has 21 heavy (non-hydrogen) atoms. The van der Waals surface area contributed by atoms with Crippen molar-refractivity contribution in [2.75, 3.05) is 5.32 Å². The quantitative estimate of drug-likeness (QED) is 0.666. The molecule has 0 aromatic heterocycles. The van der Waals surface area contributed by atoms with Crippen LogP contribution in [0.1, 0.15) is 10.4 Å². The number of hydrogen-bond donors (Lipinski definition) is 2. The average molecular weight is 294 g/mol. The summed E-state index contributed by atoms with van der Waals surface area (Å²) in [6.45, 7) is 0. The first-order valence-corrected chi connectivity index (χ1v) is 5.62. The highest BCUT2D eigenvalue weighted by Gasteiger charge is 2.21. The number of nitrogens with zero attached hydrogens (tertiary/aromatic N) is 1. The molecule has 8 heteroatoms. The normalized spacial score (nSPS) is 10.2. The van der Waals surface area contributed by atoms with Crippen molar-refractivity contribution < 1.29 is 23.6 Å². The van der Waals surface area contributed by atoms with E-state index in [-0.39, 0.29) is 16.9 Å². The number of nitro groups is 1. The van der Waals surface area contributed by atoms with Crippen LogP contribution in [0.3, 0.4) is 0 Å². The molecule has 2 N–H and O–H groups in total.